The van der Waals surface area contributed by atoms with Crippen LogP contribution >= 0.6 is 22.9 Å². The molecular weight excluding hydrogens is 332 g/mol. The van der Waals surface area contributed by atoms with Crippen molar-refractivity contribution < 1.29 is 4.79 Å². The van der Waals surface area contributed by atoms with Crippen molar-refractivity contribution in [1.29, 1.82) is 0 Å². The Morgan fingerprint density at radius 2 is 2.09 bits per heavy atom. The fourth-order valence-corrected chi connectivity index (χ4v) is 3.32. The third-order valence-electron chi connectivity index (χ3n) is 3.46. The molecule has 0 saturated heterocycles. The number of amides is 1. The molecule has 0 bridgehead atoms. The zero-order valence-electron chi connectivity index (χ0n) is 12.5. The molecule has 0 saturated carbocycles. The molecule has 1 amide bonds. The smallest absolute Gasteiger partial charge is 0.225 e. The molecule has 3 heterocycles. The number of carbonyl (C=O) groups is 1. The predicted octanol–water partition coefficient (Wildman–Crippen LogP) is 4.07. The molecule has 118 valence electrons. The van der Waals surface area contributed by atoms with Gasteiger partial charge in [0.25, 0.3) is 0 Å². The maximum absolute atomic E-state index is 12.1. The van der Waals surface area contributed by atoms with Gasteiger partial charge in [-0.15, -0.1) is 11.3 Å². The first-order valence-corrected chi connectivity index (χ1v) is 8.32. The Kier molecular flexibility index (Phi) is 4.73. The van der Waals surface area contributed by atoms with Crippen molar-refractivity contribution in [3.63, 3.8) is 0 Å². The van der Waals surface area contributed by atoms with Crippen LogP contribution < -0.4 is 5.32 Å². The van der Waals surface area contributed by atoms with Crippen LogP contribution in [0.2, 0.25) is 4.34 Å². The van der Waals surface area contributed by atoms with Crippen LogP contribution in [0.1, 0.15) is 16.9 Å². The summed E-state index contributed by atoms with van der Waals surface area (Å²) in [6, 6.07) is 7.58. The zero-order valence-corrected chi connectivity index (χ0v) is 14.0. The number of rotatable bonds is 5. The molecule has 0 spiro atoms. The predicted molar refractivity (Wildman–Crippen MR) is 92.8 cm³/mol. The van der Waals surface area contributed by atoms with Crippen molar-refractivity contribution in [2.75, 3.05) is 5.32 Å². The van der Waals surface area contributed by atoms with Crippen molar-refractivity contribution in [3.8, 4) is 11.3 Å². The van der Waals surface area contributed by atoms with Crippen LogP contribution in [0.4, 0.5) is 5.82 Å². The minimum Gasteiger partial charge on any atom is -0.309 e. The third kappa shape index (κ3) is 3.78. The van der Waals surface area contributed by atoms with Crippen molar-refractivity contribution >= 4 is 34.7 Å². The molecule has 3 aromatic rings. The summed E-state index contributed by atoms with van der Waals surface area (Å²) < 4.78 is 0.741. The van der Waals surface area contributed by atoms with Gasteiger partial charge in [0.1, 0.15) is 0 Å². The van der Waals surface area contributed by atoms with Crippen molar-refractivity contribution in [2.24, 2.45) is 0 Å². The van der Waals surface area contributed by atoms with Gasteiger partial charge in [0.2, 0.25) is 5.91 Å². The molecule has 23 heavy (non-hydrogen) atoms. The molecule has 0 radical (unpaired) electrons. The Labute approximate surface area is 142 Å². The number of hydrogen-bond donors (Lipinski definition) is 2. The molecule has 3 rings (SSSR count). The molecule has 7 heteroatoms. The number of nitrogens with one attached hydrogen (secondary N) is 2. The monoisotopic (exact) mass is 346 g/mol. The topological polar surface area (TPSA) is 70.7 Å². The van der Waals surface area contributed by atoms with E-state index in [1.54, 1.807) is 12.4 Å². The van der Waals surface area contributed by atoms with Gasteiger partial charge >= 0.3 is 0 Å². The van der Waals surface area contributed by atoms with Gasteiger partial charge in [-0.05, 0) is 37.6 Å². The summed E-state index contributed by atoms with van der Waals surface area (Å²) in [4.78, 5) is 17.2. The SMILES string of the molecule is Cc1c(NC(=O)CCc2ccc(Cl)s2)n[nH]c1-c1ccncc1. The van der Waals surface area contributed by atoms with E-state index in [0.717, 1.165) is 26.0 Å². The number of aromatic amines is 1. The molecule has 0 fully saturated rings. The molecule has 0 aliphatic carbocycles. The van der Waals surface area contributed by atoms with Crippen molar-refractivity contribution in [2.45, 2.75) is 19.8 Å². The van der Waals surface area contributed by atoms with E-state index >= 15 is 0 Å². The Balaban J connectivity index is 1.64. The van der Waals surface area contributed by atoms with E-state index in [1.165, 1.54) is 11.3 Å². The van der Waals surface area contributed by atoms with Gasteiger partial charge < -0.3 is 5.32 Å². The number of carbonyl (C=O) groups excluding carboxylic acids is 1. The molecular formula is C16H15ClN4OS. The summed E-state index contributed by atoms with van der Waals surface area (Å²) in [6.45, 7) is 1.92. The molecule has 3 aromatic heterocycles. The summed E-state index contributed by atoms with van der Waals surface area (Å²) in [5, 5.41) is 10.0. The van der Waals surface area contributed by atoms with Crippen LogP contribution in [-0.4, -0.2) is 21.1 Å². The highest BCUT2D eigenvalue weighted by molar-refractivity contribution is 7.16. The first-order valence-electron chi connectivity index (χ1n) is 7.13. The summed E-state index contributed by atoms with van der Waals surface area (Å²) in [6.07, 6.45) is 4.51. The number of H-pyrrole nitrogens is 1. The number of aromatic nitrogens is 3. The van der Waals surface area contributed by atoms with Gasteiger partial charge in [0.15, 0.2) is 5.82 Å². The van der Waals surface area contributed by atoms with Crippen LogP contribution in [0.15, 0.2) is 36.7 Å². The number of nitrogens with zero attached hydrogens (tertiary/aromatic N) is 2. The second-order valence-electron chi connectivity index (χ2n) is 5.06. The van der Waals surface area contributed by atoms with Crippen molar-refractivity contribution in [1.82, 2.24) is 15.2 Å². The third-order valence-corrected chi connectivity index (χ3v) is 4.75. The molecule has 2 N–H and O–H groups in total. The lowest BCUT2D eigenvalue weighted by Gasteiger charge is -2.03. The number of halogens is 1. The normalized spacial score (nSPS) is 10.7. The fraction of sp³-hybridized carbons (Fsp3) is 0.188. The molecule has 0 aliphatic heterocycles. The largest absolute Gasteiger partial charge is 0.309 e. The average Bonchev–Trinajstić information content (AvgIpc) is 3.13. The molecule has 0 unspecified atom stereocenters. The fourth-order valence-electron chi connectivity index (χ4n) is 2.24. The number of hydrogen-bond acceptors (Lipinski definition) is 4. The van der Waals surface area contributed by atoms with E-state index in [0.29, 0.717) is 18.7 Å². The highest BCUT2D eigenvalue weighted by atomic mass is 35.5. The maximum Gasteiger partial charge on any atom is 0.225 e. The average molecular weight is 347 g/mol. The van der Waals surface area contributed by atoms with Crippen LogP contribution in [0.5, 0.6) is 0 Å². The number of thiophene rings is 1. The molecule has 0 aliphatic rings. The van der Waals surface area contributed by atoms with Crippen LogP contribution in [0, 0.1) is 6.92 Å². The molecule has 5 nitrogen and oxygen atoms in total. The van der Waals surface area contributed by atoms with E-state index in [1.807, 2.05) is 31.2 Å². The van der Waals surface area contributed by atoms with Crippen LogP contribution in [0.25, 0.3) is 11.3 Å². The van der Waals surface area contributed by atoms with Gasteiger partial charge in [-0.1, -0.05) is 11.6 Å². The Hall–Kier alpha value is -2.18. The highest BCUT2D eigenvalue weighted by Crippen LogP contribution is 2.26. The number of anilines is 1. The highest BCUT2D eigenvalue weighted by Gasteiger charge is 2.13. The zero-order chi connectivity index (χ0) is 16.2. The first kappa shape index (κ1) is 15.7. The lowest BCUT2D eigenvalue weighted by atomic mass is 10.1. The maximum atomic E-state index is 12.1. The van der Waals surface area contributed by atoms with E-state index in [4.69, 9.17) is 11.6 Å². The second kappa shape index (κ2) is 6.93. The van der Waals surface area contributed by atoms with Gasteiger partial charge in [-0.3, -0.25) is 14.9 Å². The molecule has 0 aromatic carbocycles. The van der Waals surface area contributed by atoms with Crippen LogP contribution in [-0.2, 0) is 11.2 Å². The van der Waals surface area contributed by atoms with Gasteiger partial charge in [0.05, 0.1) is 10.0 Å². The summed E-state index contributed by atoms with van der Waals surface area (Å²) in [5.74, 6) is 0.497. The number of pyridine rings is 1. The number of aryl methyl sites for hydroxylation is 1. The van der Waals surface area contributed by atoms with Gasteiger partial charge in [-0.25, -0.2) is 0 Å². The minimum atomic E-state index is -0.0644. The van der Waals surface area contributed by atoms with Crippen LogP contribution in [0.3, 0.4) is 0 Å². The lowest BCUT2D eigenvalue weighted by Crippen LogP contribution is -2.13. The van der Waals surface area contributed by atoms with Crippen molar-refractivity contribution in [3.05, 3.63) is 51.4 Å². The Morgan fingerprint density at radius 1 is 1.30 bits per heavy atom. The van der Waals surface area contributed by atoms with E-state index in [2.05, 4.69) is 20.5 Å². The quantitative estimate of drug-likeness (QED) is 0.731. The summed E-state index contributed by atoms with van der Waals surface area (Å²) >= 11 is 7.38. The minimum absolute atomic E-state index is 0.0644. The van der Waals surface area contributed by atoms with E-state index in [-0.39, 0.29) is 5.91 Å². The van der Waals surface area contributed by atoms with Gasteiger partial charge in [-0.2, -0.15) is 5.10 Å². The summed E-state index contributed by atoms with van der Waals surface area (Å²) in [7, 11) is 0. The standard InChI is InChI=1S/C16H15ClN4OS/c1-10-15(11-6-8-18-9-7-11)20-21-16(10)19-14(22)5-3-12-2-4-13(17)23-12/h2,4,6-9H,3,5H2,1H3,(H2,19,20,21,22). The van der Waals surface area contributed by atoms with Gasteiger partial charge in [0, 0.05) is 34.8 Å². The Morgan fingerprint density at radius 3 is 2.78 bits per heavy atom. The molecule has 0 atom stereocenters. The van der Waals surface area contributed by atoms with E-state index in [9.17, 15) is 4.79 Å². The second-order valence-corrected chi connectivity index (χ2v) is 6.86. The lowest BCUT2D eigenvalue weighted by molar-refractivity contribution is -0.116. The first-order chi connectivity index (χ1) is 11.1. The Bertz CT molecular complexity index is 813. The summed E-state index contributed by atoms with van der Waals surface area (Å²) in [5.41, 5.74) is 2.77. The van der Waals surface area contributed by atoms with E-state index < -0.39 is 0 Å².